The normalized spacial score (nSPS) is 10.7. The first kappa shape index (κ1) is 16.8. The van der Waals surface area contributed by atoms with Crippen molar-refractivity contribution in [1.82, 2.24) is 0 Å². The molecule has 0 bridgehead atoms. The Balaban J connectivity index is 2.16. The number of halogens is 3. The largest absolute Gasteiger partial charge is 0.486 e. The van der Waals surface area contributed by atoms with E-state index in [0.717, 1.165) is 42.8 Å². The van der Waals surface area contributed by atoms with Crippen LogP contribution in [0.25, 0.3) is 0 Å². The lowest BCUT2D eigenvalue weighted by Crippen LogP contribution is -2.03. The molecule has 2 rings (SSSR count). The third-order valence-electron chi connectivity index (χ3n) is 3.07. The van der Waals surface area contributed by atoms with E-state index in [-0.39, 0.29) is 0 Å². The van der Waals surface area contributed by atoms with E-state index in [4.69, 9.17) is 22.1 Å². The van der Waals surface area contributed by atoms with Crippen molar-refractivity contribution in [3.8, 4) is 5.75 Å². The summed E-state index contributed by atoms with van der Waals surface area (Å²) >= 11 is 13.3. The molecule has 0 heterocycles. The number of rotatable bonds is 5. The molecule has 0 atom stereocenters. The van der Waals surface area contributed by atoms with Gasteiger partial charge in [-0.3, -0.25) is 0 Å². The van der Waals surface area contributed by atoms with Crippen molar-refractivity contribution in [2.75, 3.05) is 6.54 Å². The Bertz CT molecular complexity index is 623. The second-order valence-corrected chi connectivity index (χ2v) is 6.93. The predicted molar refractivity (Wildman–Crippen MR) is 95.1 cm³/mol. The van der Waals surface area contributed by atoms with Gasteiger partial charge in [0.1, 0.15) is 12.4 Å². The number of nitrogens with two attached hydrogens (primary N) is 1. The first-order chi connectivity index (χ1) is 10.0. The minimum atomic E-state index is 0.423. The molecule has 21 heavy (non-hydrogen) atoms. The predicted octanol–water partition coefficient (Wildman–Crippen LogP) is 5.25. The summed E-state index contributed by atoms with van der Waals surface area (Å²) in [5, 5.41) is 0.724. The van der Waals surface area contributed by atoms with Crippen LogP contribution in [0.15, 0.2) is 39.3 Å². The Morgan fingerprint density at radius 3 is 2.38 bits per heavy atom. The number of benzene rings is 2. The fraction of sp³-hybridized carbons (Fsp3) is 0.250. The quantitative estimate of drug-likeness (QED) is 0.699. The van der Waals surface area contributed by atoms with Crippen molar-refractivity contribution >= 4 is 43.5 Å². The second kappa shape index (κ2) is 7.63. The molecule has 0 aliphatic heterocycles. The van der Waals surface area contributed by atoms with E-state index in [1.807, 2.05) is 37.3 Å². The highest BCUT2D eigenvalue weighted by Gasteiger charge is 2.10. The molecule has 2 aromatic carbocycles. The monoisotopic (exact) mass is 431 g/mol. The van der Waals surface area contributed by atoms with E-state index in [0.29, 0.717) is 13.2 Å². The molecule has 0 saturated carbocycles. The molecular formula is C16H16Br2ClNO. The van der Waals surface area contributed by atoms with Crippen LogP contribution < -0.4 is 10.5 Å². The Labute approximate surface area is 146 Å². The van der Waals surface area contributed by atoms with Crippen LogP contribution in [0.2, 0.25) is 5.02 Å². The zero-order chi connectivity index (χ0) is 15.4. The molecule has 2 N–H and O–H groups in total. The smallest absolute Gasteiger partial charge is 0.148 e. The van der Waals surface area contributed by atoms with Crippen molar-refractivity contribution in [1.29, 1.82) is 0 Å². The summed E-state index contributed by atoms with van der Waals surface area (Å²) in [6.07, 6.45) is 0.835. The van der Waals surface area contributed by atoms with E-state index in [9.17, 15) is 0 Å². The number of hydrogen-bond donors (Lipinski definition) is 1. The molecular weight excluding hydrogens is 417 g/mol. The summed E-state index contributed by atoms with van der Waals surface area (Å²) < 4.78 is 7.71. The number of ether oxygens (including phenoxy) is 1. The fourth-order valence-electron chi connectivity index (χ4n) is 1.98. The van der Waals surface area contributed by atoms with E-state index >= 15 is 0 Å². The summed E-state index contributed by atoms with van der Waals surface area (Å²) in [4.78, 5) is 0. The van der Waals surface area contributed by atoms with Crippen LogP contribution in [0.1, 0.15) is 16.7 Å². The van der Waals surface area contributed by atoms with Gasteiger partial charge in [0.25, 0.3) is 0 Å². The maximum Gasteiger partial charge on any atom is 0.148 e. The summed E-state index contributed by atoms with van der Waals surface area (Å²) in [6.45, 7) is 3.06. The molecule has 0 aliphatic carbocycles. The lowest BCUT2D eigenvalue weighted by atomic mass is 10.1. The summed E-state index contributed by atoms with van der Waals surface area (Å²) in [5.41, 5.74) is 8.85. The third-order valence-corrected chi connectivity index (χ3v) is 4.60. The first-order valence-corrected chi connectivity index (χ1v) is 8.53. The maximum atomic E-state index is 6.22. The lowest BCUT2D eigenvalue weighted by molar-refractivity contribution is 0.302. The molecule has 112 valence electrons. The van der Waals surface area contributed by atoms with Gasteiger partial charge < -0.3 is 10.5 Å². The number of hydrogen-bond acceptors (Lipinski definition) is 2. The van der Waals surface area contributed by atoms with Gasteiger partial charge in [0.2, 0.25) is 0 Å². The minimum absolute atomic E-state index is 0.423. The summed E-state index contributed by atoms with van der Waals surface area (Å²) in [5.74, 6) is 0.771. The first-order valence-electron chi connectivity index (χ1n) is 6.57. The zero-order valence-electron chi connectivity index (χ0n) is 11.6. The Morgan fingerprint density at radius 2 is 1.81 bits per heavy atom. The molecule has 2 aromatic rings. The van der Waals surface area contributed by atoms with Crippen LogP contribution in [-0.4, -0.2) is 6.54 Å². The van der Waals surface area contributed by atoms with Crippen LogP contribution in [-0.2, 0) is 13.0 Å². The van der Waals surface area contributed by atoms with Crippen LogP contribution >= 0.6 is 43.5 Å². The van der Waals surface area contributed by atoms with E-state index in [2.05, 4.69) is 31.9 Å². The van der Waals surface area contributed by atoms with E-state index in [1.165, 1.54) is 0 Å². The van der Waals surface area contributed by atoms with Crippen molar-refractivity contribution in [2.45, 2.75) is 20.0 Å². The minimum Gasteiger partial charge on any atom is -0.486 e. The Kier molecular flexibility index (Phi) is 6.11. The maximum absolute atomic E-state index is 6.22. The molecule has 2 nitrogen and oxygen atoms in total. The van der Waals surface area contributed by atoms with Gasteiger partial charge in [0.05, 0.1) is 8.95 Å². The molecule has 0 unspecified atom stereocenters. The third kappa shape index (κ3) is 4.46. The number of aryl methyl sites for hydroxylation is 1. The van der Waals surface area contributed by atoms with E-state index < -0.39 is 0 Å². The average molecular weight is 434 g/mol. The van der Waals surface area contributed by atoms with Crippen LogP contribution in [0.5, 0.6) is 5.75 Å². The van der Waals surface area contributed by atoms with Crippen LogP contribution in [0.3, 0.4) is 0 Å². The molecule has 0 amide bonds. The van der Waals surface area contributed by atoms with Crippen molar-refractivity contribution in [2.24, 2.45) is 5.73 Å². The molecule has 0 radical (unpaired) electrons. The molecule has 0 aromatic heterocycles. The lowest BCUT2D eigenvalue weighted by Gasteiger charge is -2.13. The van der Waals surface area contributed by atoms with Gasteiger partial charge in [-0.15, -0.1) is 0 Å². The summed E-state index contributed by atoms with van der Waals surface area (Å²) in [7, 11) is 0. The molecule has 5 heteroatoms. The van der Waals surface area contributed by atoms with Crippen molar-refractivity contribution in [3.63, 3.8) is 0 Å². The molecule has 0 fully saturated rings. The fourth-order valence-corrected chi connectivity index (χ4v) is 3.78. The van der Waals surface area contributed by atoms with Gasteiger partial charge in [0.15, 0.2) is 0 Å². The van der Waals surface area contributed by atoms with Crippen molar-refractivity contribution < 1.29 is 4.74 Å². The van der Waals surface area contributed by atoms with Gasteiger partial charge >= 0.3 is 0 Å². The summed E-state index contributed by atoms with van der Waals surface area (Å²) in [6, 6.07) is 10.0. The Morgan fingerprint density at radius 1 is 1.14 bits per heavy atom. The van der Waals surface area contributed by atoms with Gasteiger partial charge in [-0.1, -0.05) is 23.7 Å². The van der Waals surface area contributed by atoms with Gasteiger partial charge in [0, 0.05) is 10.6 Å². The van der Waals surface area contributed by atoms with Gasteiger partial charge in [-0.25, -0.2) is 0 Å². The average Bonchev–Trinajstić information content (AvgIpc) is 2.40. The Hall–Kier alpha value is -0.550. The topological polar surface area (TPSA) is 35.2 Å². The standard InChI is InChI=1S/C16H16Br2ClNO/c1-10-2-3-12(15(19)6-10)9-21-16-13(17)7-11(4-5-20)8-14(16)18/h2-3,6-8H,4-5,9,20H2,1H3. The van der Waals surface area contributed by atoms with Crippen LogP contribution in [0.4, 0.5) is 0 Å². The van der Waals surface area contributed by atoms with Crippen molar-refractivity contribution in [3.05, 3.63) is 61.0 Å². The molecule has 0 saturated heterocycles. The highest BCUT2D eigenvalue weighted by atomic mass is 79.9. The van der Waals surface area contributed by atoms with Crippen LogP contribution in [0, 0.1) is 6.92 Å². The van der Waals surface area contributed by atoms with Gasteiger partial charge in [-0.05, 0) is 81.1 Å². The second-order valence-electron chi connectivity index (χ2n) is 4.81. The highest BCUT2D eigenvalue weighted by molar-refractivity contribution is 9.11. The molecule has 0 spiro atoms. The zero-order valence-corrected chi connectivity index (χ0v) is 15.6. The SMILES string of the molecule is Cc1ccc(COc2c(Br)cc(CCN)cc2Br)c(Cl)c1. The highest BCUT2D eigenvalue weighted by Crippen LogP contribution is 2.35. The van der Waals surface area contributed by atoms with E-state index in [1.54, 1.807) is 0 Å². The van der Waals surface area contributed by atoms with Gasteiger partial charge in [-0.2, -0.15) is 0 Å². The molecule has 0 aliphatic rings.